The van der Waals surface area contributed by atoms with Gasteiger partial charge in [0, 0.05) is 50.7 Å². The van der Waals surface area contributed by atoms with E-state index >= 15 is 0 Å². The normalized spacial score (nSPS) is 16.6. The van der Waals surface area contributed by atoms with Crippen LogP contribution in [0.25, 0.3) is 0 Å². The molecule has 0 spiro atoms. The van der Waals surface area contributed by atoms with Gasteiger partial charge in [-0.25, -0.2) is 0 Å². The molecule has 0 bridgehead atoms. The second-order valence-electron chi connectivity index (χ2n) is 7.23. The highest BCUT2D eigenvalue weighted by atomic mass is 16.5. The van der Waals surface area contributed by atoms with E-state index in [9.17, 15) is 9.59 Å². The molecular weight excluding hydrogens is 354 g/mol. The third-order valence-corrected chi connectivity index (χ3v) is 5.05. The number of hydrogen-bond acceptors (Lipinski definition) is 4. The predicted octanol–water partition coefficient (Wildman–Crippen LogP) is 2.67. The van der Waals surface area contributed by atoms with E-state index in [1.54, 1.807) is 12.4 Å². The number of carbonyl (C=O) groups excluding carboxylic acids is 2. The first kappa shape index (κ1) is 20.0. The number of likely N-dealkylation sites (tertiary alicyclic amines) is 1. The summed E-state index contributed by atoms with van der Waals surface area (Å²) >= 11 is 0. The van der Waals surface area contributed by atoms with Crippen molar-refractivity contribution in [3.8, 4) is 0 Å². The van der Waals surface area contributed by atoms with Gasteiger partial charge in [0.1, 0.15) is 6.61 Å². The molecule has 1 fully saturated rings. The highest BCUT2D eigenvalue weighted by Crippen LogP contribution is 2.21. The fourth-order valence-electron chi connectivity index (χ4n) is 3.67. The third kappa shape index (κ3) is 4.95. The topological polar surface area (TPSA) is 62.7 Å². The maximum absolute atomic E-state index is 13.0. The van der Waals surface area contributed by atoms with Crippen LogP contribution >= 0.6 is 0 Å². The number of pyridine rings is 1. The summed E-state index contributed by atoms with van der Waals surface area (Å²) in [7, 11) is 1.52. The number of methoxy groups -OCH3 is 1. The number of amides is 2. The van der Waals surface area contributed by atoms with E-state index in [2.05, 4.69) is 4.98 Å². The van der Waals surface area contributed by atoms with Crippen LogP contribution in [0.1, 0.15) is 34.3 Å². The fraction of sp³-hybridized carbons (Fsp3) is 0.409. The molecule has 1 saturated heterocycles. The van der Waals surface area contributed by atoms with Crippen LogP contribution in [0.2, 0.25) is 0 Å². The molecule has 2 aromatic rings. The first-order valence-electron chi connectivity index (χ1n) is 9.61. The van der Waals surface area contributed by atoms with Gasteiger partial charge in [-0.15, -0.1) is 0 Å². The number of piperidine rings is 1. The summed E-state index contributed by atoms with van der Waals surface area (Å²) in [6.07, 6.45) is 5.22. The number of benzene rings is 1. The van der Waals surface area contributed by atoms with Crippen LogP contribution in [-0.2, 0) is 16.1 Å². The van der Waals surface area contributed by atoms with Gasteiger partial charge in [0.15, 0.2) is 0 Å². The zero-order chi connectivity index (χ0) is 19.9. The minimum absolute atomic E-state index is 0.0221. The number of carbonyl (C=O) groups is 2. The van der Waals surface area contributed by atoms with Crippen LogP contribution in [-0.4, -0.2) is 59.4 Å². The van der Waals surface area contributed by atoms with Gasteiger partial charge in [-0.2, -0.15) is 0 Å². The number of nitrogens with zero attached hydrogens (tertiary/aromatic N) is 3. The number of hydrogen-bond donors (Lipinski definition) is 0. The molecule has 1 aromatic heterocycles. The molecule has 148 valence electrons. The van der Waals surface area contributed by atoms with E-state index in [0.717, 1.165) is 24.0 Å². The maximum atomic E-state index is 13.0. The summed E-state index contributed by atoms with van der Waals surface area (Å²) in [6.45, 7) is 3.72. The molecule has 0 radical (unpaired) electrons. The second kappa shape index (κ2) is 9.46. The molecule has 0 saturated carbocycles. The molecule has 1 unspecified atom stereocenters. The summed E-state index contributed by atoms with van der Waals surface area (Å²) < 4.78 is 5.08. The molecule has 1 aromatic carbocycles. The Morgan fingerprint density at radius 2 is 2.14 bits per heavy atom. The Kier molecular flexibility index (Phi) is 6.76. The zero-order valence-electron chi connectivity index (χ0n) is 16.5. The van der Waals surface area contributed by atoms with Crippen molar-refractivity contribution in [3.05, 3.63) is 65.5 Å². The Hall–Kier alpha value is -2.73. The highest BCUT2D eigenvalue weighted by Gasteiger charge is 2.31. The lowest BCUT2D eigenvalue weighted by molar-refractivity contribution is -0.139. The summed E-state index contributed by atoms with van der Waals surface area (Å²) in [6, 6.07) is 11.4. The number of rotatable bonds is 6. The quantitative estimate of drug-likeness (QED) is 0.772. The number of aryl methyl sites for hydroxylation is 1. The Bertz CT molecular complexity index is 810. The zero-order valence-corrected chi connectivity index (χ0v) is 16.5. The van der Waals surface area contributed by atoms with Gasteiger partial charge in [-0.05, 0) is 43.5 Å². The summed E-state index contributed by atoms with van der Waals surface area (Å²) in [5.74, 6) is -0.0462. The van der Waals surface area contributed by atoms with Gasteiger partial charge < -0.3 is 14.5 Å². The van der Waals surface area contributed by atoms with E-state index in [-0.39, 0.29) is 24.5 Å². The van der Waals surface area contributed by atoms with Crippen molar-refractivity contribution >= 4 is 11.8 Å². The fourth-order valence-corrected chi connectivity index (χ4v) is 3.67. The lowest BCUT2D eigenvalue weighted by Gasteiger charge is -2.39. The van der Waals surface area contributed by atoms with E-state index < -0.39 is 0 Å². The molecule has 1 aliphatic heterocycles. The van der Waals surface area contributed by atoms with Crippen LogP contribution in [0.15, 0.2) is 48.8 Å². The Morgan fingerprint density at radius 3 is 2.86 bits per heavy atom. The lowest BCUT2D eigenvalue weighted by atomic mass is 10.0. The Labute approximate surface area is 166 Å². The van der Waals surface area contributed by atoms with Crippen molar-refractivity contribution in [2.24, 2.45) is 0 Å². The molecule has 0 N–H and O–H groups in total. The van der Waals surface area contributed by atoms with E-state index in [4.69, 9.17) is 4.74 Å². The minimum Gasteiger partial charge on any atom is -0.375 e. The first-order chi connectivity index (χ1) is 13.6. The van der Waals surface area contributed by atoms with Crippen LogP contribution in [0, 0.1) is 6.92 Å². The SMILES string of the molecule is COCC(=O)N(Cc1cccnc1)C1CCCN(C(=O)c2cccc(C)c2)C1. The van der Waals surface area contributed by atoms with Crippen molar-refractivity contribution in [2.45, 2.75) is 32.4 Å². The van der Waals surface area contributed by atoms with Gasteiger partial charge >= 0.3 is 0 Å². The molecule has 6 nitrogen and oxygen atoms in total. The minimum atomic E-state index is -0.0683. The largest absolute Gasteiger partial charge is 0.375 e. The monoisotopic (exact) mass is 381 g/mol. The average molecular weight is 381 g/mol. The third-order valence-electron chi connectivity index (χ3n) is 5.05. The van der Waals surface area contributed by atoms with Crippen LogP contribution in [0.3, 0.4) is 0 Å². The molecule has 28 heavy (non-hydrogen) atoms. The van der Waals surface area contributed by atoms with Crippen LogP contribution in [0.5, 0.6) is 0 Å². The number of ether oxygens (including phenoxy) is 1. The molecule has 6 heteroatoms. The van der Waals surface area contributed by atoms with Gasteiger partial charge in [-0.1, -0.05) is 23.8 Å². The number of aromatic nitrogens is 1. The highest BCUT2D eigenvalue weighted by molar-refractivity contribution is 5.94. The Balaban J connectivity index is 1.76. The van der Waals surface area contributed by atoms with E-state index in [0.29, 0.717) is 25.2 Å². The van der Waals surface area contributed by atoms with E-state index in [1.165, 1.54) is 7.11 Å². The van der Waals surface area contributed by atoms with Gasteiger partial charge in [-0.3, -0.25) is 14.6 Å². The standard InChI is InChI=1S/C22H27N3O3/c1-17-6-3-8-19(12-17)22(27)24-11-5-9-20(15-24)25(21(26)16-28-2)14-18-7-4-10-23-13-18/h3-4,6-8,10,12-13,20H,5,9,11,14-16H2,1-2H3. The van der Waals surface area contributed by atoms with Crippen LogP contribution < -0.4 is 0 Å². The first-order valence-corrected chi connectivity index (χ1v) is 9.61. The van der Waals surface area contributed by atoms with Crippen molar-refractivity contribution in [1.82, 2.24) is 14.8 Å². The van der Waals surface area contributed by atoms with Crippen molar-refractivity contribution in [2.75, 3.05) is 26.8 Å². The van der Waals surface area contributed by atoms with Crippen molar-refractivity contribution in [3.63, 3.8) is 0 Å². The molecule has 2 heterocycles. The molecule has 0 aliphatic carbocycles. The summed E-state index contributed by atoms with van der Waals surface area (Å²) in [4.78, 5) is 33.5. The molecule has 1 atom stereocenters. The molecule has 3 rings (SSSR count). The Morgan fingerprint density at radius 1 is 1.29 bits per heavy atom. The van der Waals surface area contributed by atoms with Crippen molar-refractivity contribution < 1.29 is 14.3 Å². The predicted molar refractivity (Wildman–Crippen MR) is 107 cm³/mol. The average Bonchev–Trinajstić information content (AvgIpc) is 2.72. The summed E-state index contributed by atoms with van der Waals surface area (Å²) in [5, 5.41) is 0. The van der Waals surface area contributed by atoms with Crippen LogP contribution in [0.4, 0.5) is 0 Å². The molecular formula is C22H27N3O3. The lowest BCUT2D eigenvalue weighted by Crippen LogP contribution is -2.52. The van der Waals surface area contributed by atoms with E-state index in [1.807, 2.05) is 53.1 Å². The smallest absolute Gasteiger partial charge is 0.253 e. The molecule has 2 amide bonds. The maximum Gasteiger partial charge on any atom is 0.253 e. The van der Waals surface area contributed by atoms with Crippen molar-refractivity contribution in [1.29, 1.82) is 0 Å². The van der Waals surface area contributed by atoms with Gasteiger partial charge in [0.25, 0.3) is 5.91 Å². The summed E-state index contributed by atoms with van der Waals surface area (Å²) in [5.41, 5.74) is 2.73. The molecule has 1 aliphatic rings. The van der Waals surface area contributed by atoms with Gasteiger partial charge in [0.2, 0.25) is 5.91 Å². The van der Waals surface area contributed by atoms with Gasteiger partial charge in [0.05, 0.1) is 0 Å². The second-order valence-corrected chi connectivity index (χ2v) is 7.23.